The van der Waals surface area contributed by atoms with E-state index in [0.29, 0.717) is 0 Å². The van der Waals surface area contributed by atoms with E-state index >= 15 is 0 Å². The molecule has 1 aromatic heterocycles. The molecule has 0 spiro atoms. The van der Waals surface area contributed by atoms with E-state index in [9.17, 15) is 14.0 Å². The third kappa shape index (κ3) is 2.12. The summed E-state index contributed by atoms with van der Waals surface area (Å²) in [5.41, 5.74) is -0.345. The average molecular weight is 268 g/mol. The Bertz CT molecular complexity index is 616. The fourth-order valence-corrected chi connectivity index (χ4v) is 1.72. The molecule has 1 heterocycles. The lowest BCUT2D eigenvalue weighted by atomic mass is 10.2. The lowest BCUT2D eigenvalue weighted by Gasteiger charge is -2.05. The van der Waals surface area contributed by atoms with Gasteiger partial charge in [-0.1, -0.05) is 17.7 Å². The number of nitrogens with zero attached hydrogens (tertiary/aromatic N) is 1. The molecule has 4 nitrogen and oxygen atoms in total. The molecule has 0 bridgehead atoms. The summed E-state index contributed by atoms with van der Waals surface area (Å²) in [6.45, 7) is 0. The highest BCUT2D eigenvalue weighted by Crippen LogP contribution is 2.20. The standard InChI is InChI=1S/C12H7ClFNO3/c13-8-2-1-3-9(14)10(8)11(16)15-5-4-7(6-15)12(17)18/h1-6H,(H,17,18). The quantitative estimate of drug-likeness (QED) is 0.910. The Kier molecular flexibility index (Phi) is 3.16. The Morgan fingerprint density at radius 1 is 1.28 bits per heavy atom. The lowest BCUT2D eigenvalue weighted by molar-refractivity contribution is 0.0697. The van der Waals surface area contributed by atoms with Crippen molar-refractivity contribution in [3.63, 3.8) is 0 Å². The number of carboxylic acid groups (broad SMARTS) is 1. The first kappa shape index (κ1) is 12.3. The molecule has 0 aliphatic carbocycles. The predicted octanol–water partition coefficient (Wildman–Crippen LogP) is 2.67. The van der Waals surface area contributed by atoms with Crippen LogP contribution >= 0.6 is 11.6 Å². The van der Waals surface area contributed by atoms with Gasteiger partial charge in [0.05, 0.1) is 16.1 Å². The Labute approximate surface area is 106 Å². The van der Waals surface area contributed by atoms with Gasteiger partial charge in [0.2, 0.25) is 0 Å². The highest BCUT2D eigenvalue weighted by Gasteiger charge is 2.18. The van der Waals surface area contributed by atoms with Gasteiger partial charge in [-0.05, 0) is 18.2 Å². The normalized spacial score (nSPS) is 10.3. The van der Waals surface area contributed by atoms with Crippen LogP contribution in [0.4, 0.5) is 4.39 Å². The van der Waals surface area contributed by atoms with E-state index in [1.807, 2.05) is 0 Å². The van der Waals surface area contributed by atoms with Gasteiger partial charge in [-0.3, -0.25) is 9.36 Å². The van der Waals surface area contributed by atoms with Crippen LogP contribution in [0.25, 0.3) is 0 Å². The number of carbonyl (C=O) groups excluding carboxylic acids is 1. The van der Waals surface area contributed by atoms with Crippen LogP contribution < -0.4 is 0 Å². The average Bonchev–Trinajstić information content (AvgIpc) is 2.77. The molecule has 0 aliphatic heterocycles. The fourth-order valence-electron chi connectivity index (χ4n) is 1.48. The molecule has 0 atom stereocenters. The molecular formula is C12H7ClFNO3. The number of carbonyl (C=O) groups is 2. The molecule has 0 saturated carbocycles. The van der Waals surface area contributed by atoms with Crippen LogP contribution in [0.1, 0.15) is 20.7 Å². The minimum absolute atomic E-state index is 0.0226. The molecular weight excluding hydrogens is 261 g/mol. The molecule has 18 heavy (non-hydrogen) atoms. The van der Waals surface area contributed by atoms with Gasteiger partial charge in [0, 0.05) is 12.4 Å². The molecule has 0 radical (unpaired) electrons. The SMILES string of the molecule is O=C(O)c1ccn(C(=O)c2c(F)cccc2Cl)c1. The van der Waals surface area contributed by atoms with Gasteiger partial charge in [0.25, 0.3) is 5.91 Å². The van der Waals surface area contributed by atoms with E-state index in [4.69, 9.17) is 16.7 Å². The van der Waals surface area contributed by atoms with Gasteiger partial charge in [-0.2, -0.15) is 0 Å². The molecule has 0 unspecified atom stereocenters. The minimum atomic E-state index is -1.17. The molecule has 0 fully saturated rings. The zero-order valence-corrected chi connectivity index (χ0v) is 9.69. The van der Waals surface area contributed by atoms with Gasteiger partial charge >= 0.3 is 5.97 Å². The van der Waals surface area contributed by atoms with Crippen molar-refractivity contribution in [3.8, 4) is 0 Å². The van der Waals surface area contributed by atoms with E-state index in [0.717, 1.165) is 16.8 Å². The Morgan fingerprint density at radius 3 is 2.56 bits per heavy atom. The summed E-state index contributed by atoms with van der Waals surface area (Å²) >= 11 is 5.75. The first-order chi connectivity index (χ1) is 8.50. The molecule has 0 amide bonds. The molecule has 2 aromatic rings. The van der Waals surface area contributed by atoms with E-state index in [1.165, 1.54) is 24.4 Å². The fraction of sp³-hybridized carbons (Fsp3) is 0. The van der Waals surface area contributed by atoms with E-state index in [2.05, 4.69) is 0 Å². The lowest BCUT2D eigenvalue weighted by Crippen LogP contribution is -2.12. The largest absolute Gasteiger partial charge is 0.478 e. The second kappa shape index (κ2) is 4.62. The first-order valence-electron chi connectivity index (χ1n) is 4.90. The Balaban J connectivity index is 2.45. The number of halogens is 2. The van der Waals surface area contributed by atoms with Gasteiger partial charge in [0.1, 0.15) is 5.82 Å². The predicted molar refractivity (Wildman–Crippen MR) is 62.5 cm³/mol. The highest BCUT2D eigenvalue weighted by atomic mass is 35.5. The van der Waals surface area contributed by atoms with Gasteiger partial charge in [-0.15, -0.1) is 0 Å². The summed E-state index contributed by atoms with van der Waals surface area (Å²) in [5, 5.41) is 8.71. The number of rotatable bonds is 2. The maximum absolute atomic E-state index is 13.5. The number of hydrogen-bond acceptors (Lipinski definition) is 2. The third-order valence-corrected chi connectivity index (χ3v) is 2.67. The second-order valence-electron chi connectivity index (χ2n) is 3.51. The van der Waals surface area contributed by atoms with Crippen LogP contribution in [-0.2, 0) is 0 Å². The van der Waals surface area contributed by atoms with Crippen molar-refractivity contribution in [1.29, 1.82) is 0 Å². The van der Waals surface area contributed by atoms with E-state index in [1.54, 1.807) is 0 Å². The minimum Gasteiger partial charge on any atom is -0.478 e. The summed E-state index contributed by atoms with van der Waals surface area (Å²) in [5.74, 6) is -2.63. The van der Waals surface area contributed by atoms with Gasteiger partial charge in [0.15, 0.2) is 0 Å². The van der Waals surface area contributed by atoms with Gasteiger partial charge < -0.3 is 5.11 Å². The van der Waals surface area contributed by atoms with Crippen LogP contribution in [0.15, 0.2) is 36.7 Å². The zero-order chi connectivity index (χ0) is 13.3. The number of aromatic nitrogens is 1. The van der Waals surface area contributed by atoms with Crippen molar-refractivity contribution in [2.45, 2.75) is 0 Å². The van der Waals surface area contributed by atoms with E-state index in [-0.39, 0.29) is 16.1 Å². The number of benzene rings is 1. The van der Waals surface area contributed by atoms with Crippen LogP contribution in [0, 0.1) is 5.82 Å². The Hall–Kier alpha value is -2.14. The van der Waals surface area contributed by atoms with Crippen molar-refractivity contribution in [3.05, 3.63) is 58.6 Å². The number of carboxylic acids is 1. The third-order valence-electron chi connectivity index (χ3n) is 2.35. The molecule has 0 saturated heterocycles. The Morgan fingerprint density at radius 2 is 2.00 bits per heavy atom. The highest BCUT2D eigenvalue weighted by molar-refractivity contribution is 6.34. The number of aromatic carboxylic acids is 1. The van der Waals surface area contributed by atoms with Crippen molar-refractivity contribution >= 4 is 23.5 Å². The van der Waals surface area contributed by atoms with Crippen molar-refractivity contribution < 1.29 is 19.1 Å². The van der Waals surface area contributed by atoms with E-state index < -0.39 is 17.7 Å². The summed E-state index contributed by atoms with van der Waals surface area (Å²) < 4.78 is 14.5. The zero-order valence-electron chi connectivity index (χ0n) is 8.93. The summed E-state index contributed by atoms with van der Waals surface area (Å²) in [7, 11) is 0. The van der Waals surface area contributed by atoms with Crippen LogP contribution in [0.5, 0.6) is 0 Å². The summed E-state index contributed by atoms with van der Waals surface area (Å²) in [4.78, 5) is 22.7. The first-order valence-corrected chi connectivity index (χ1v) is 5.28. The van der Waals surface area contributed by atoms with Crippen LogP contribution in [-0.4, -0.2) is 21.6 Å². The summed E-state index contributed by atoms with van der Waals surface area (Å²) in [6.07, 6.45) is 2.35. The smallest absolute Gasteiger partial charge is 0.337 e. The molecule has 6 heteroatoms. The molecule has 92 valence electrons. The van der Waals surface area contributed by atoms with Crippen LogP contribution in [0.2, 0.25) is 5.02 Å². The van der Waals surface area contributed by atoms with Crippen molar-refractivity contribution in [2.24, 2.45) is 0 Å². The number of hydrogen-bond donors (Lipinski definition) is 1. The monoisotopic (exact) mass is 267 g/mol. The molecule has 1 aromatic carbocycles. The molecule has 1 N–H and O–H groups in total. The topological polar surface area (TPSA) is 59.3 Å². The molecule has 0 aliphatic rings. The van der Waals surface area contributed by atoms with Crippen LogP contribution in [0.3, 0.4) is 0 Å². The maximum atomic E-state index is 13.5. The van der Waals surface area contributed by atoms with Gasteiger partial charge in [-0.25, -0.2) is 9.18 Å². The maximum Gasteiger partial charge on any atom is 0.337 e. The second-order valence-corrected chi connectivity index (χ2v) is 3.92. The summed E-state index contributed by atoms with van der Waals surface area (Å²) in [6, 6.07) is 5.13. The van der Waals surface area contributed by atoms with Crippen molar-refractivity contribution in [1.82, 2.24) is 4.57 Å². The van der Waals surface area contributed by atoms with Crippen molar-refractivity contribution in [2.75, 3.05) is 0 Å². The molecule has 2 rings (SSSR count).